The van der Waals surface area contributed by atoms with Crippen molar-refractivity contribution in [2.75, 3.05) is 6.54 Å². The molecule has 1 atom stereocenters. The number of thiazole rings is 1. The fraction of sp³-hybridized carbons (Fsp3) is 0.438. The molecule has 0 aliphatic rings. The molecule has 0 aliphatic carbocycles. The van der Waals surface area contributed by atoms with Crippen LogP contribution in [-0.4, -0.2) is 17.6 Å². The van der Waals surface area contributed by atoms with Crippen LogP contribution in [0.4, 0.5) is 0 Å². The Bertz CT molecular complexity index is 534. The smallest absolute Gasteiger partial charge is 0.0897 e. The zero-order valence-corrected chi connectivity index (χ0v) is 13.8. The highest BCUT2D eigenvalue weighted by atomic mass is 35.5. The lowest BCUT2D eigenvalue weighted by Gasteiger charge is -2.19. The minimum atomic E-state index is 0.427. The first-order chi connectivity index (χ1) is 9.54. The highest BCUT2D eigenvalue weighted by Crippen LogP contribution is 2.23. The van der Waals surface area contributed by atoms with Gasteiger partial charge in [-0.1, -0.05) is 37.6 Å². The van der Waals surface area contributed by atoms with Gasteiger partial charge in [0.2, 0.25) is 0 Å². The molecule has 1 unspecified atom stereocenters. The maximum Gasteiger partial charge on any atom is 0.0897 e. The molecule has 1 heterocycles. The third-order valence-corrected chi connectivity index (χ3v) is 4.31. The van der Waals surface area contributed by atoms with E-state index < -0.39 is 0 Å². The Labute approximate surface area is 130 Å². The van der Waals surface area contributed by atoms with Gasteiger partial charge in [0.05, 0.1) is 10.7 Å². The van der Waals surface area contributed by atoms with Gasteiger partial charge >= 0.3 is 0 Å². The first kappa shape index (κ1) is 15.5. The molecular formula is C16H21ClN2S. The van der Waals surface area contributed by atoms with Crippen LogP contribution >= 0.6 is 22.9 Å². The summed E-state index contributed by atoms with van der Waals surface area (Å²) in [4.78, 5) is 4.59. The summed E-state index contributed by atoms with van der Waals surface area (Å²) in [6.07, 6.45) is 0.964. The number of nitrogens with zero attached hydrogens (tertiary/aromatic N) is 1. The molecule has 0 amide bonds. The van der Waals surface area contributed by atoms with Gasteiger partial charge in [-0.2, -0.15) is 0 Å². The third kappa shape index (κ3) is 4.58. The number of halogens is 1. The fourth-order valence-corrected chi connectivity index (χ4v) is 2.93. The average Bonchev–Trinajstić information content (AvgIpc) is 2.81. The molecule has 0 aliphatic heterocycles. The van der Waals surface area contributed by atoms with E-state index in [4.69, 9.17) is 11.6 Å². The molecule has 1 aromatic heterocycles. The van der Waals surface area contributed by atoms with Crippen molar-refractivity contribution in [2.45, 2.75) is 39.2 Å². The zero-order chi connectivity index (χ0) is 14.5. The van der Waals surface area contributed by atoms with Gasteiger partial charge in [0.1, 0.15) is 0 Å². The number of benzene rings is 1. The highest BCUT2D eigenvalue weighted by molar-refractivity contribution is 7.09. The van der Waals surface area contributed by atoms with E-state index in [0.717, 1.165) is 23.0 Å². The third-order valence-electron chi connectivity index (χ3n) is 3.24. The molecule has 20 heavy (non-hydrogen) atoms. The van der Waals surface area contributed by atoms with Gasteiger partial charge in [-0.25, -0.2) is 4.98 Å². The van der Waals surface area contributed by atoms with E-state index in [1.165, 1.54) is 11.3 Å². The van der Waals surface area contributed by atoms with Crippen LogP contribution < -0.4 is 5.32 Å². The standard InChI is InChI=1S/C16H21ClN2S/c1-11(2)18-9-14(8-16-10-20-12(3)19-16)13-4-6-15(17)7-5-13/h4-7,10-11,14,18H,8-9H2,1-3H3. The molecule has 2 aromatic rings. The lowest BCUT2D eigenvalue weighted by molar-refractivity contribution is 0.524. The number of hydrogen-bond donors (Lipinski definition) is 1. The SMILES string of the molecule is Cc1nc(CC(CNC(C)C)c2ccc(Cl)cc2)cs1. The van der Waals surface area contributed by atoms with Crippen LogP contribution in [0.2, 0.25) is 5.02 Å². The molecule has 0 spiro atoms. The molecule has 2 rings (SSSR count). The molecule has 1 N–H and O–H groups in total. The number of nitrogens with one attached hydrogen (secondary N) is 1. The van der Waals surface area contributed by atoms with Gasteiger partial charge in [0.15, 0.2) is 0 Å². The quantitative estimate of drug-likeness (QED) is 0.854. The first-order valence-electron chi connectivity index (χ1n) is 6.94. The van der Waals surface area contributed by atoms with E-state index in [1.807, 2.05) is 12.1 Å². The average molecular weight is 309 g/mol. The summed E-state index contributed by atoms with van der Waals surface area (Å²) in [6.45, 7) is 7.35. The molecule has 0 radical (unpaired) electrons. The van der Waals surface area contributed by atoms with Crippen LogP contribution in [-0.2, 0) is 6.42 Å². The summed E-state index contributed by atoms with van der Waals surface area (Å²) in [5.41, 5.74) is 2.49. The van der Waals surface area contributed by atoms with E-state index >= 15 is 0 Å². The van der Waals surface area contributed by atoms with Gasteiger partial charge in [-0.3, -0.25) is 0 Å². The molecule has 108 valence electrons. The lowest BCUT2D eigenvalue weighted by atomic mass is 9.94. The number of rotatable bonds is 6. The van der Waals surface area contributed by atoms with E-state index in [-0.39, 0.29) is 0 Å². The molecule has 0 saturated heterocycles. The lowest BCUT2D eigenvalue weighted by Crippen LogP contribution is -2.29. The van der Waals surface area contributed by atoms with E-state index in [1.54, 1.807) is 11.3 Å². The first-order valence-corrected chi connectivity index (χ1v) is 8.20. The van der Waals surface area contributed by atoms with Gasteiger partial charge < -0.3 is 5.32 Å². The molecular weight excluding hydrogens is 288 g/mol. The minimum absolute atomic E-state index is 0.427. The summed E-state index contributed by atoms with van der Waals surface area (Å²) >= 11 is 7.70. The number of hydrogen-bond acceptors (Lipinski definition) is 3. The summed E-state index contributed by atoms with van der Waals surface area (Å²) in [5, 5.41) is 7.61. The Balaban J connectivity index is 2.13. The van der Waals surface area contributed by atoms with Crippen molar-refractivity contribution >= 4 is 22.9 Å². The largest absolute Gasteiger partial charge is 0.314 e. The van der Waals surface area contributed by atoms with Crippen molar-refractivity contribution in [2.24, 2.45) is 0 Å². The maximum atomic E-state index is 5.98. The van der Waals surface area contributed by atoms with Gasteiger partial charge in [0, 0.05) is 28.9 Å². The van der Waals surface area contributed by atoms with Crippen molar-refractivity contribution in [1.29, 1.82) is 0 Å². The second kappa shape index (κ2) is 7.21. The van der Waals surface area contributed by atoms with Gasteiger partial charge in [0.25, 0.3) is 0 Å². The van der Waals surface area contributed by atoms with Crippen LogP contribution in [0.3, 0.4) is 0 Å². The Morgan fingerprint density at radius 1 is 1.25 bits per heavy atom. The van der Waals surface area contributed by atoms with Crippen LogP contribution in [0, 0.1) is 6.92 Å². The summed E-state index contributed by atoms with van der Waals surface area (Å²) < 4.78 is 0. The molecule has 0 saturated carbocycles. The van der Waals surface area contributed by atoms with Crippen molar-refractivity contribution in [3.63, 3.8) is 0 Å². The van der Waals surface area contributed by atoms with E-state index in [9.17, 15) is 0 Å². The predicted octanol–water partition coefficient (Wildman–Crippen LogP) is 4.43. The minimum Gasteiger partial charge on any atom is -0.314 e. The zero-order valence-electron chi connectivity index (χ0n) is 12.2. The van der Waals surface area contributed by atoms with Gasteiger partial charge in [-0.15, -0.1) is 11.3 Å². The summed E-state index contributed by atoms with van der Waals surface area (Å²) in [7, 11) is 0. The molecule has 0 bridgehead atoms. The van der Waals surface area contributed by atoms with Crippen LogP contribution in [0.5, 0.6) is 0 Å². The Hall–Kier alpha value is -0.900. The van der Waals surface area contributed by atoms with E-state index in [2.05, 4.69) is 48.6 Å². The monoisotopic (exact) mass is 308 g/mol. The van der Waals surface area contributed by atoms with Crippen molar-refractivity contribution in [1.82, 2.24) is 10.3 Å². The highest BCUT2D eigenvalue weighted by Gasteiger charge is 2.14. The van der Waals surface area contributed by atoms with Crippen LogP contribution in [0.1, 0.15) is 36.0 Å². The summed E-state index contributed by atoms with van der Waals surface area (Å²) in [5.74, 6) is 0.427. The number of aryl methyl sites for hydroxylation is 1. The van der Waals surface area contributed by atoms with Crippen LogP contribution in [0.25, 0.3) is 0 Å². The Kier molecular flexibility index (Phi) is 5.58. The second-order valence-corrected chi connectivity index (χ2v) is 6.87. The normalized spacial score (nSPS) is 12.8. The van der Waals surface area contributed by atoms with Crippen molar-refractivity contribution in [3.05, 3.63) is 50.9 Å². The van der Waals surface area contributed by atoms with Crippen LogP contribution in [0.15, 0.2) is 29.6 Å². The maximum absolute atomic E-state index is 5.98. The van der Waals surface area contributed by atoms with E-state index in [0.29, 0.717) is 12.0 Å². The van der Waals surface area contributed by atoms with Crippen molar-refractivity contribution in [3.8, 4) is 0 Å². The molecule has 0 fully saturated rings. The topological polar surface area (TPSA) is 24.9 Å². The summed E-state index contributed by atoms with van der Waals surface area (Å²) in [6, 6.07) is 8.65. The number of aromatic nitrogens is 1. The fourth-order valence-electron chi connectivity index (χ4n) is 2.18. The Morgan fingerprint density at radius 2 is 1.95 bits per heavy atom. The predicted molar refractivity (Wildman–Crippen MR) is 87.9 cm³/mol. The molecule has 2 nitrogen and oxygen atoms in total. The molecule has 1 aromatic carbocycles. The Morgan fingerprint density at radius 3 is 2.50 bits per heavy atom. The van der Waals surface area contributed by atoms with Gasteiger partial charge in [-0.05, 0) is 31.0 Å². The molecule has 4 heteroatoms. The van der Waals surface area contributed by atoms with Crippen molar-refractivity contribution < 1.29 is 0 Å². The second-order valence-electron chi connectivity index (χ2n) is 5.37.